The fourth-order valence-electron chi connectivity index (χ4n) is 2.00. The molecule has 1 aliphatic rings. The van der Waals surface area contributed by atoms with Crippen LogP contribution in [0.2, 0.25) is 0 Å². The zero-order valence-corrected chi connectivity index (χ0v) is 10.3. The van der Waals surface area contributed by atoms with Crippen molar-refractivity contribution >= 4 is 5.97 Å². The number of hydrogen-bond acceptors (Lipinski definition) is 3. The van der Waals surface area contributed by atoms with Crippen LogP contribution in [-0.2, 0) is 9.53 Å². The Balaban J connectivity index is 2.60. The molecule has 0 aliphatic carbocycles. The Bertz CT molecular complexity index is 218. The number of hydrogen-bond donors (Lipinski definition) is 1. The molecule has 0 radical (unpaired) electrons. The van der Waals surface area contributed by atoms with Gasteiger partial charge in [-0.15, -0.1) is 0 Å². The first-order valence-corrected chi connectivity index (χ1v) is 5.87. The molecule has 0 spiro atoms. The molecule has 15 heavy (non-hydrogen) atoms. The van der Waals surface area contributed by atoms with E-state index in [1.54, 1.807) is 0 Å². The summed E-state index contributed by atoms with van der Waals surface area (Å²) in [6.45, 7) is 10.5. The molecule has 0 bridgehead atoms. The molecule has 0 aromatic heterocycles. The Labute approximate surface area is 92.6 Å². The summed E-state index contributed by atoms with van der Waals surface area (Å²) in [6.07, 6.45) is 0.904. The third kappa shape index (κ3) is 2.71. The van der Waals surface area contributed by atoms with E-state index in [9.17, 15) is 4.79 Å². The highest BCUT2D eigenvalue weighted by Crippen LogP contribution is 2.35. The molecular formula is C12H23NO2. The predicted octanol–water partition coefficient (Wildman–Crippen LogP) is 1.82. The average molecular weight is 213 g/mol. The van der Waals surface area contributed by atoms with E-state index in [2.05, 4.69) is 33.0 Å². The summed E-state index contributed by atoms with van der Waals surface area (Å²) >= 11 is 0. The van der Waals surface area contributed by atoms with Crippen LogP contribution in [0.5, 0.6) is 0 Å². The SMILES string of the molecule is CC(C)COC(=O)C1(C(C)C)CCNC1. The Kier molecular flexibility index (Phi) is 4.14. The largest absolute Gasteiger partial charge is 0.465 e. The van der Waals surface area contributed by atoms with Crippen LogP contribution < -0.4 is 5.32 Å². The van der Waals surface area contributed by atoms with Crippen molar-refractivity contribution in [1.82, 2.24) is 5.32 Å². The summed E-state index contributed by atoms with van der Waals surface area (Å²) < 4.78 is 5.37. The summed E-state index contributed by atoms with van der Waals surface area (Å²) in [6, 6.07) is 0. The number of ether oxygens (including phenoxy) is 1. The van der Waals surface area contributed by atoms with Gasteiger partial charge in [-0.1, -0.05) is 27.7 Å². The van der Waals surface area contributed by atoms with Gasteiger partial charge in [-0.3, -0.25) is 4.79 Å². The molecule has 0 aromatic rings. The molecular weight excluding hydrogens is 190 g/mol. The minimum atomic E-state index is -0.283. The van der Waals surface area contributed by atoms with Crippen molar-refractivity contribution in [2.75, 3.05) is 19.7 Å². The lowest BCUT2D eigenvalue weighted by molar-refractivity contribution is -0.158. The molecule has 0 saturated carbocycles. The zero-order chi connectivity index (χ0) is 11.5. The Hall–Kier alpha value is -0.570. The molecule has 1 unspecified atom stereocenters. The van der Waals surface area contributed by atoms with Gasteiger partial charge in [-0.25, -0.2) is 0 Å². The highest BCUT2D eigenvalue weighted by molar-refractivity contribution is 5.78. The molecule has 1 atom stereocenters. The van der Waals surface area contributed by atoms with Crippen molar-refractivity contribution in [2.24, 2.45) is 17.3 Å². The summed E-state index contributed by atoms with van der Waals surface area (Å²) in [4.78, 5) is 12.1. The van der Waals surface area contributed by atoms with Gasteiger partial charge in [-0.2, -0.15) is 0 Å². The number of rotatable bonds is 4. The van der Waals surface area contributed by atoms with Crippen molar-refractivity contribution in [3.05, 3.63) is 0 Å². The minimum absolute atomic E-state index is 0.0174. The second-order valence-corrected chi connectivity index (χ2v) is 5.23. The molecule has 88 valence electrons. The first-order chi connectivity index (χ1) is 6.99. The molecule has 3 nitrogen and oxygen atoms in total. The fourth-order valence-corrected chi connectivity index (χ4v) is 2.00. The number of carbonyl (C=O) groups excluding carboxylic acids is 1. The lowest BCUT2D eigenvalue weighted by Crippen LogP contribution is -2.40. The zero-order valence-electron chi connectivity index (χ0n) is 10.3. The fraction of sp³-hybridized carbons (Fsp3) is 0.917. The monoisotopic (exact) mass is 213 g/mol. The van der Waals surface area contributed by atoms with Gasteiger partial charge in [0.25, 0.3) is 0 Å². The maximum atomic E-state index is 12.1. The minimum Gasteiger partial charge on any atom is -0.465 e. The summed E-state index contributed by atoms with van der Waals surface area (Å²) in [7, 11) is 0. The highest BCUT2D eigenvalue weighted by atomic mass is 16.5. The van der Waals surface area contributed by atoms with Gasteiger partial charge in [0, 0.05) is 6.54 Å². The average Bonchev–Trinajstić information content (AvgIpc) is 2.63. The second kappa shape index (κ2) is 4.97. The molecule has 3 heteroatoms. The first kappa shape index (κ1) is 12.5. The normalized spacial score (nSPS) is 26.3. The van der Waals surface area contributed by atoms with E-state index < -0.39 is 0 Å². The van der Waals surface area contributed by atoms with E-state index in [4.69, 9.17) is 4.74 Å². The van der Waals surface area contributed by atoms with Crippen LogP contribution in [0.25, 0.3) is 0 Å². The molecule has 0 amide bonds. The topological polar surface area (TPSA) is 38.3 Å². The first-order valence-electron chi connectivity index (χ1n) is 5.87. The third-order valence-corrected chi connectivity index (χ3v) is 3.25. The van der Waals surface area contributed by atoms with Gasteiger partial charge in [0.1, 0.15) is 0 Å². The molecule has 1 saturated heterocycles. The molecule has 0 aromatic carbocycles. The molecule has 1 fully saturated rings. The van der Waals surface area contributed by atoms with Crippen LogP contribution in [0.15, 0.2) is 0 Å². The van der Waals surface area contributed by atoms with E-state index in [0.717, 1.165) is 19.5 Å². The van der Waals surface area contributed by atoms with Crippen LogP contribution in [0.3, 0.4) is 0 Å². The van der Waals surface area contributed by atoms with Crippen LogP contribution in [0.4, 0.5) is 0 Å². The van der Waals surface area contributed by atoms with Gasteiger partial charge in [-0.05, 0) is 24.8 Å². The van der Waals surface area contributed by atoms with Gasteiger partial charge in [0.2, 0.25) is 0 Å². The maximum absolute atomic E-state index is 12.1. The number of esters is 1. The summed E-state index contributed by atoms with van der Waals surface area (Å²) in [5, 5.41) is 3.26. The van der Waals surface area contributed by atoms with E-state index >= 15 is 0 Å². The lowest BCUT2D eigenvalue weighted by Gasteiger charge is -2.30. The van der Waals surface area contributed by atoms with Gasteiger partial charge < -0.3 is 10.1 Å². The van der Waals surface area contributed by atoms with Crippen LogP contribution in [0, 0.1) is 17.3 Å². The van der Waals surface area contributed by atoms with E-state index in [1.165, 1.54) is 0 Å². The molecule has 1 rings (SSSR count). The quantitative estimate of drug-likeness (QED) is 0.724. The van der Waals surface area contributed by atoms with Crippen molar-refractivity contribution < 1.29 is 9.53 Å². The van der Waals surface area contributed by atoms with Gasteiger partial charge >= 0.3 is 5.97 Å². The highest BCUT2D eigenvalue weighted by Gasteiger charge is 2.45. The molecule has 1 N–H and O–H groups in total. The third-order valence-electron chi connectivity index (χ3n) is 3.25. The van der Waals surface area contributed by atoms with Gasteiger partial charge in [0.05, 0.1) is 12.0 Å². The number of carbonyl (C=O) groups is 1. The second-order valence-electron chi connectivity index (χ2n) is 5.23. The Morgan fingerprint density at radius 1 is 1.40 bits per heavy atom. The van der Waals surface area contributed by atoms with E-state index in [1.807, 2.05) is 0 Å². The van der Waals surface area contributed by atoms with Gasteiger partial charge in [0.15, 0.2) is 0 Å². The lowest BCUT2D eigenvalue weighted by atomic mass is 9.76. The van der Waals surface area contributed by atoms with E-state index in [-0.39, 0.29) is 11.4 Å². The standard InChI is InChI=1S/C12H23NO2/c1-9(2)7-15-11(14)12(10(3)4)5-6-13-8-12/h9-10,13H,5-8H2,1-4H3. The maximum Gasteiger partial charge on any atom is 0.313 e. The summed E-state index contributed by atoms with van der Waals surface area (Å²) in [5.41, 5.74) is -0.283. The van der Waals surface area contributed by atoms with Crippen molar-refractivity contribution in [3.8, 4) is 0 Å². The Morgan fingerprint density at radius 3 is 2.47 bits per heavy atom. The van der Waals surface area contributed by atoms with Crippen LogP contribution in [-0.4, -0.2) is 25.7 Å². The van der Waals surface area contributed by atoms with Crippen LogP contribution in [0.1, 0.15) is 34.1 Å². The van der Waals surface area contributed by atoms with Crippen molar-refractivity contribution in [2.45, 2.75) is 34.1 Å². The predicted molar refractivity (Wildman–Crippen MR) is 60.6 cm³/mol. The smallest absolute Gasteiger partial charge is 0.313 e. The molecule has 1 aliphatic heterocycles. The number of nitrogens with one attached hydrogen (secondary N) is 1. The van der Waals surface area contributed by atoms with Crippen LogP contribution >= 0.6 is 0 Å². The summed E-state index contributed by atoms with van der Waals surface area (Å²) in [5.74, 6) is 0.732. The van der Waals surface area contributed by atoms with E-state index in [0.29, 0.717) is 18.4 Å². The van der Waals surface area contributed by atoms with Crippen molar-refractivity contribution in [1.29, 1.82) is 0 Å². The molecule has 1 heterocycles. The van der Waals surface area contributed by atoms with Crippen molar-refractivity contribution in [3.63, 3.8) is 0 Å². The Morgan fingerprint density at radius 2 is 2.07 bits per heavy atom.